The van der Waals surface area contributed by atoms with Gasteiger partial charge in [0.05, 0.1) is 12.7 Å². The number of nitrogens with one attached hydrogen (secondary N) is 2. The molecule has 0 fully saturated rings. The molecule has 1 aliphatic carbocycles. The van der Waals surface area contributed by atoms with Gasteiger partial charge in [0.1, 0.15) is 11.6 Å². The third-order valence-corrected chi connectivity index (χ3v) is 5.70. The first kappa shape index (κ1) is 22.9. The minimum atomic E-state index is -1.37. The Morgan fingerprint density at radius 1 is 1.21 bits per heavy atom. The number of hydrogen-bond donors (Lipinski definition) is 2. The van der Waals surface area contributed by atoms with E-state index in [2.05, 4.69) is 28.1 Å². The number of hydrazone groups is 1. The predicted molar refractivity (Wildman–Crippen MR) is 119 cm³/mol. The smallest absolute Gasteiger partial charge is 0.365 e. The van der Waals surface area contributed by atoms with Crippen LogP contribution in [-0.2, 0) is 15.3 Å². The first-order chi connectivity index (χ1) is 16.0. The van der Waals surface area contributed by atoms with Crippen molar-refractivity contribution in [3.8, 4) is 0 Å². The maximum absolute atomic E-state index is 14.5. The Hall–Kier alpha value is -3.30. The standard InChI is InChI=1S/C24H26F2N4O3/c1-32-29-23(31)30-24(17-8-3-2-4-9-17,14-7-15-27-19-10-5-6-11-19)33-22(28-30)20-16-18(25)12-13-21(20)26/h2-6,8-9,12-13,16,19,27H,7,10-11,14-15H2,1H3,(H,29,31). The van der Waals surface area contributed by atoms with E-state index in [0.717, 1.165) is 36.0 Å². The van der Waals surface area contributed by atoms with Gasteiger partial charge in [-0.1, -0.05) is 42.5 Å². The average molecular weight is 456 g/mol. The Balaban J connectivity index is 1.66. The molecule has 0 saturated carbocycles. The highest BCUT2D eigenvalue weighted by Crippen LogP contribution is 2.41. The quantitative estimate of drug-likeness (QED) is 0.355. The number of carbonyl (C=O) groups excluding carboxylic acids is 1. The van der Waals surface area contributed by atoms with Crippen molar-refractivity contribution < 1.29 is 23.1 Å². The van der Waals surface area contributed by atoms with E-state index >= 15 is 0 Å². The van der Waals surface area contributed by atoms with Crippen LogP contribution in [-0.4, -0.2) is 36.6 Å². The predicted octanol–water partition coefficient (Wildman–Crippen LogP) is 4.17. The fraction of sp³-hybridized carbons (Fsp3) is 0.333. The summed E-state index contributed by atoms with van der Waals surface area (Å²) in [6, 6.07) is 11.8. The summed E-state index contributed by atoms with van der Waals surface area (Å²) < 4.78 is 34.7. The summed E-state index contributed by atoms with van der Waals surface area (Å²) in [5, 5.41) is 8.86. The summed E-state index contributed by atoms with van der Waals surface area (Å²) in [6.07, 6.45) is 7.24. The minimum absolute atomic E-state index is 0.168. The molecule has 1 aliphatic heterocycles. The van der Waals surface area contributed by atoms with Crippen LogP contribution in [0, 0.1) is 11.6 Å². The monoisotopic (exact) mass is 456 g/mol. The van der Waals surface area contributed by atoms with E-state index < -0.39 is 23.4 Å². The van der Waals surface area contributed by atoms with Crippen molar-refractivity contribution in [2.45, 2.75) is 37.5 Å². The van der Waals surface area contributed by atoms with Crippen LogP contribution in [0.2, 0.25) is 0 Å². The van der Waals surface area contributed by atoms with Crippen LogP contribution < -0.4 is 10.8 Å². The van der Waals surface area contributed by atoms with Gasteiger partial charge in [0, 0.05) is 18.0 Å². The number of nitrogens with zero attached hydrogens (tertiary/aromatic N) is 2. The molecule has 0 aromatic heterocycles. The molecule has 33 heavy (non-hydrogen) atoms. The molecule has 0 bridgehead atoms. The molecule has 2 aliphatic rings. The van der Waals surface area contributed by atoms with Crippen molar-refractivity contribution in [1.82, 2.24) is 15.8 Å². The zero-order valence-corrected chi connectivity index (χ0v) is 18.3. The van der Waals surface area contributed by atoms with Gasteiger partial charge in [-0.25, -0.2) is 19.1 Å². The molecule has 1 atom stereocenters. The number of hydrogen-bond acceptors (Lipinski definition) is 5. The second-order valence-corrected chi connectivity index (χ2v) is 7.90. The summed E-state index contributed by atoms with van der Waals surface area (Å²) in [6.45, 7) is 0.688. The molecule has 1 unspecified atom stereocenters. The Morgan fingerprint density at radius 2 is 1.97 bits per heavy atom. The van der Waals surface area contributed by atoms with Crippen LogP contribution >= 0.6 is 0 Å². The van der Waals surface area contributed by atoms with Crippen molar-refractivity contribution in [1.29, 1.82) is 0 Å². The Kier molecular flexibility index (Phi) is 7.00. The highest BCUT2D eigenvalue weighted by Gasteiger charge is 2.50. The van der Waals surface area contributed by atoms with Gasteiger partial charge in [-0.05, 0) is 44.0 Å². The van der Waals surface area contributed by atoms with Crippen molar-refractivity contribution in [2.24, 2.45) is 5.10 Å². The summed E-state index contributed by atoms with van der Waals surface area (Å²) in [5.74, 6) is -1.53. The fourth-order valence-electron chi connectivity index (χ4n) is 4.10. The molecule has 174 valence electrons. The molecule has 2 aromatic carbocycles. The Bertz CT molecular complexity index is 1040. The molecule has 2 aromatic rings. The highest BCUT2D eigenvalue weighted by molar-refractivity contribution is 5.97. The van der Waals surface area contributed by atoms with Crippen LogP contribution in [0.4, 0.5) is 13.6 Å². The van der Waals surface area contributed by atoms with Crippen molar-refractivity contribution in [2.75, 3.05) is 13.7 Å². The maximum atomic E-state index is 14.5. The molecule has 0 spiro atoms. The lowest BCUT2D eigenvalue weighted by molar-refractivity contribution is -0.0610. The zero-order valence-electron chi connectivity index (χ0n) is 18.3. The van der Waals surface area contributed by atoms with Crippen molar-refractivity contribution in [3.05, 3.63) is 83.4 Å². The largest absolute Gasteiger partial charge is 0.443 e. The molecule has 1 heterocycles. The van der Waals surface area contributed by atoms with Crippen LogP contribution in [0.3, 0.4) is 0 Å². The molecule has 7 nitrogen and oxygen atoms in total. The number of amides is 2. The number of halogens is 2. The second-order valence-electron chi connectivity index (χ2n) is 7.90. The van der Waals surface area contributed by atoms with E-state index in [1.165, 1.54) is 7.11 Å². The van der Waals surface area contributed by atoms with Crippen LogP contribution in [0.25, 0.3) is 0 Å². The van der Waals surface area contributed by atoms with E-state index in [1.807, 2.05) is 30.3 Å². The molecule has 9 heteroatoms. The molecule has 2 N–H and O–H groups in total. The summed E-state index contributed by atoms with van der Waals surface area (Å²) >= 11 is 0. The van der Waals surface area contributed by atoms with Gasteiger partial charge in [-0.3, -0.25) is 4.84 Å². The van der Waals surface area contributed by atoms with E-state index in [-0.39, 0.29) is 11.5 Å². The second kappa shape index (κ2) is 10.1. The average Bonchev–Trinajstić information content (AvgIpc) is 3.48. The van der Waals surface area contributed by atoms with Crippen molar-refractivity contribution >= 4 is 11.9 Å². The first-order valence-electron chi connectivity index (χ1n) is 10.8. The molecule has 4 rings (SSSR count). The lowest BCUT2D eigenvalue weighted by Gasteiger charge is -2.35. The molecule has 2 amide bonds. The number of rotatable bonds is 8. The summed E-state index contributed by atoms with van der Waals surface area (Å²) in [4.78, 5) is 17.7. The Labute approximate surface area is 191 Å². The van der Waals surface area contributed by atoms with E-state index in [1.54, 1.807) is 0 Å². The number of ether oxygens (including phenoxy) is 1. The van der Waals surface area contributed by atoms with Gasteiger partial charge in [-0.2, -0.15) is 5.01 Å². The molecular formula is C24H26F2N4O3. The van der Waals surface area contributed by atoms with Gasteiger partial charge in [0.15, 0.2) is 0 Å². The topological polar surface area (TPSA) is 75.2 Å². The SMILES string of the molecule is CONC(=O)N1N=C(c2cc(F)ccc2F)OC1(CCCNC1CC=CC1)c1ccccc1. The van der Waals surface area contributed by atoms with E-state index in [4.69, 9.17) is 9.57 Å². The van der Waals surface area contributed by atoms with E-state index in [0.29, 0.717) is 31.0 Å². The zero-order chi connectivity index (χ0) is 23.3. The van der Waals surface area contributed by atoms with Gasteiger partial charge in [0.25, 0.3) is 0 Å². The minimum Gasteiger partial charge on any atom is -0.443 e. The fourth-order valence-corrected chi connectivity index (χ4v) is 4.10. The molecule has 0 saturated heterocycles. The Morgan fingerprint density at radius 3 is 2.70 bits per heavy atom. The third-order valence-electron chi connectivity index (χ3n) is 5.70. The van der Waals surface area contributed by atoms with Crippen molar-refractivity contribution in [3.63, 3.8) is 0 Å². The van der Waals surface area contributed by atoms with Crippen LogP contribution in [0.15, 0.2) is 65.8 Å². The molecule has 0 radical (unpaired) electrons. The lowest BCUT2D eigenvalue weighted by Crippen LogP contribution is -2.49. The summed E-state index contributed by atoms with van der Waals surface area (Å²) in [5.41, 5.74) is 1.37. The first-order valence-corrected chi connectivity index (χ1v) is 10.8. The lowest BCUT2D eigenvalue weighted by atomic mass is 9.96. The number of urea groups is 1. The van der Waals surface area contributed by atoms with Crippen LogP contribution in [0.1, 0.15) is 36.8 Å². The highest BCUT2D eigenvalue weighted by atomic mass is 19.1. The third kappa shape index (κ3) is 4.89. The number of benzene rings is 2. The number of hydroxylamine groups is 1. The maximum Gasteiger partial charge on any atom is 0.365 e. The number of carbonyl (C=O) groups is 1. The van der Waals surface area contributed by atoms with Gasteiger partial charge >= 0.3 is 6.03 Å². The van der Waals surface area contributed by atoms with Gasteiger partial charge in [0.2, 0.25) is 11.6 Å². The van der Waals surface area contributed by atoms with Crippen LogP contribution in [0.5, 0.6) is 0 Å². The normalized spacial score (nSPS) is 20.1. The van der Waals surface area contributed by atoms with Gasteiger partial charge in [-0.15, -0.1) is 5.10 Å². The molecular weight excluding hydrogens is 430 g/mol. The van der Waals surface area contributed by atoms with E-state index in [9.17, 15) is 13.6 Å². The van der Waals surface area contributed by atoms with Gasteiger partial charge < -0.3 is 10.1 Å². The summed E-state index contributed by atoms with van der Waals surface area (Å²) in [7, 11) is 1.30.